The van der Waals surface area contributed by atoms with E-state index in [-0.39, 0.29) is 0 Å². The van der Waals surface area contributed by atoms with Gasteiger partial charge in [0.05, 0.1) is 5.69 Å². The van der Waals surface area contributed by atoms with Gasteiger partial charge in [-0.2, -0.15) is 0 Å². The third-order valence-corrected chi connectivity index (χ3v) is 4.03. The lowest BCUT2D eigenvalue weighted by molar-refractivity contribution is 0.449. The number of anilines is 1. The van der Waals surface area contributed by atoms with Crippen LogP contribution in [0.1, 0.15) is 70.5 Å². The van der Waals surface area contributed by atoms with Crippen LogP contribution in [0, 0.1) is 6.92 Å². The van der Waals surface area contributed by atoms with E-state index in [1.54, 1.807) is 0 Å². The molecule has 1 N–H and O–H groups in total. The molecule has 0 radical (unpaired) electrons. The lowest BCUT2D eigenvalue weighted by atomic mass is 10.1. The second-order valence-corrected chi connectivity index (χ2v) is 5.59. The molecule has 1 fully saturated rings. The molecule has 1 aromatic heterocycles. The predicted molar refractivity (Wildman–Crippen MR) is 77.1 cm³/mol. The molecule has 1 aromatic rings. The second-order valence-electron chi connectivity index (χ2n) is 5.59. The highest BCUT2D eigenvalue weighted by Crippen LogP contribution is 2.26. The van der Waals surface area contributed by atoms with Crippen molar-refractivity contribution in [1.82, 2.24) is 9.55 Å². The van der Waals surface area contributed by atoms with Crippen molar-refractivity contribution in [2.45, 2.75) is 77.8 Å². The van der Waals surface area contributed by atoms with Gasteiger partial charge in [-0.3, -0.25) is 0 Å². The van der Waals surface area contributed by atoms with E-state index in [0.717, 1.165) is 11.6 Å². The van der Waals surface area contributed by atoms with E-state index >= 15 is 0 Å². The van der Waals surface area contributed by atoms with Crippen molar-refractivity contribution in [3.8, 4) is 0 Å². The van der Waals surface area contributed by atoms with Crippen molar-refractivity contribution < 1.29 is 0 Å². The quantitative estimate of drug-likeness (QED) is 0.814. The Hall–Kier alpha value is -0.990. The topological polar surface area (TPSA) is 29.9 Å². The molecule has 102 valence electrons. The van der Waals surface area contributed by atoms with Crippen LogP contribution in [0.3, 0.4) is 0 Å². The number of nitrogens with one attached hydrogen (secondary N) is 1. The number of nitrogens with zero attached hydrogens (tertiary/aromatic N) is 2. The molecule has 0 saturated heterocycles. The Kier molecular flexibility index (Phi) is 4.67. The van der Waals surface area contributed by atoms with Crippen LogP contribution < -0.4 is 5.32 Å². The van der Waals surface area contributed by atoms with E-state index in [1.807, 2.05) is 0 Å². The third-order valence-electron chi connectivity index (χ3n) is 4.03. The highest BCUT2D eigenvalue weighted by atomic mass is 15.2. The maximum absolute atomic E-state index is 4.68. The summed E-state index contributed by atoms with van der Waals surface area (Å²) in [6.45, 7) is 6.63. The number of aryl methyl sites for hydroxylation is 1. The Morgan fingerprint density at radius 1 is 1.39 bits per heavy atom. The highest BCUT2D eigenvalue weighted by Gasteiger charge is 2.19. The fraction of sp³-hybridized carbons (Fsp3) is 0.800. The summed E-state index contributed by atoms with van der Waals surface area (Å²) in [5.74, 6) is 1.10. The molecule has 0 amide bonds. The zero-order chi connectivity index (χ0) is 13.0. The van der Waals surface area contributed by atoms with Gasteiger partial charge in [-0.15, -0.1) is 0 Å². The average Bonchev–Trinajstić information content (AvgIpc) is 2.97. The van der Waals surface area contributed by atoms with Gasteiger partial charge >= 0.3 is 0 Å². The molecule has 0 aliphatic heterocycles. The van der Waals surface area contributed by atoms with Crippen LogP contribution in [0.25, 0.3) is 0 Å². The minimum atomic E-state index is 0.597. The van der Waals surface area contributed by atoms with E-state index in [0.29, 0.717) is 12.1 Å². The predicted octanol–water partition coefficient (Wildman–Crippen LogP) is 4.30. The standard InChI is InChI=1S/C15H27N3/c1-4-8-14(5-2)18-11-12(3)16-15(18)17-13-9-6-7-10-13/h11,13-14H,4-10H2,1-3H3,(H,16,17). The number of aromatic nitrogens is 2. The van der Waals surface area contributed by atoms with E-state index in [9.17, 15) is 0 Å². The van der Waals surface area contributed by atoms with E-state index in [2.05, 4.69) is 41.8 Å². The fourth-order valence-electron chi connectivity index (χ4n) is 3.03. The van der Waals surface area contributed by atoms with Gasteiger partial charge < -0.3 is 9.88 Å². The Morgan fingerprint density at radius 3 is 2.72 bits per heavy atom. The lowest BCUT2D eigenvalue weighted by Crippen LogP contribution is -2.20. The maximum Gasteiger partial charge on any atom is 0.203 e. The van der Waals surface area contributed by atoms with Crippen LogP contribution in [0.15, 0.2) is 6.20 Å². The molecule has 2 rings (SSSR count). The second kappa shape index (κ2) is 6.26. The lowest BCUT2D eigenvalue weighted by Gasteiger charge is -2.21. The van der Waals surface area contributed by atoms with E-state index in [1.165, 1.54) is 44.9 Å². The van der Waals surface area contributed by atoms with Crippen LogP contribution in [-0.4, -0.2) is 15.6 Å². The van der Waals surface area contributed by atoms with E-state index < -0.39 is 0 Å². The Labute approximate surface area is 111 Å². The van der Waals surface area contributed by atoms with Crippen molar-refractivity contribution in [2.75, 3.05) is 5.32 Å². The molecule has 18 heavy (non-hydrogen) atoms. The number of imidazole rings is 1. The van der Waals surface area contributed by atoms with Gasteiger partial charge in [0, 0.05) is 18.3 Å². The summed E-state index contributed by atoms with van der Waals surface area (Å²) in [5, 5.41) is 3.66. The summed E-state index contributed by atoms with van der Waals surface area (Å²) in [7, 11) is 0. The average molecular weight is 249 g/mol. The van der Waals surface area contributed by atoms with Crippen molar-refractivity contribution >= 4 is 5.95 Å². The van der Waals surface area contributed by atoms with Gasteiger partial charge in [0.25, 0.3) is 0 Å². The smallest absolute Gasteiger partial charge is 0.203 e. The summed E-state index contributed by atoms with van der Waals surface area (Å²) in [4.78, 5) is 4.68. The summed E-state index contributed by atoms with van der Waals surface area (Å²) in [6, 6.07) is 1.24. The molecular weight excluding hydrogens is 222 g/mol. The fourth-order valence-corrected chi connectivity index (χ4v) is 3.03. The van der Waals surface area contributed by atoms with Crippen LogP contribution in [0.5, 0.6) is 0 Å². The Bertz CT molecular complexity index is 364. The van der Waals surface area contributed by atoms with Crippen LogP contribution in [0.2, 0.25) is 0 Å². The van der Waals surface area contributed by atoms with Gasteiger partial charge in [0.2, 0.25) is 5.95 Å². The first-order valence-corrected chi connectivity index (χ1v) is 7.56. The summed E-state index contributed by atoms with van der Waals surface area (Å²) < 4.78 is 2.37. The molecule has 3 nitrogen and oxygen atoms in total. The molecule has 1 heterocycles. The largest absolute Gasteiger partial charge is 0.353 e. The maximum atomic E-state index is 4.68. The summed E-state index contributed by atoms with van der Waals surface area (Å²) >= 11 is 0. The molecule has 1 aliphatic rings. The molecule has 0 aromatic carbocycles. The molecule has 3 heteroatoms. The van der Waals surface area contributed by atoms with Crippen molar-refractivity contribution in [1.29, 1.82) is 0 Å². The van der Waals surface area contributed by atoms with Crippen LogP contribution in [0.4, 0.5) is 5.95 Å². The van der Waals surface area contributed by atoms with Gasteiger partial charge in [-0.05, 0) is 32.6 Å². The van der Waals surface area contributed by atoms with Crippen molar-refractivity contribution in [3.63, 3.8) is 0 Å². The van der Waals surface area contributed by atoms with Crippen molar-refractivity contribution in [3.05, 3.63) is 11.9 Å². The number of hydrogen-bond acceptors (Lipinski definition) is 2. The van der Waals surface area contributed by atoms with Crippen LogP contribution >= 0.6 is 0 Å². The zero-order valence-electron chi connectivity index (χ0n) is 12.1. The first kappa shape index (κ1) is 13.4. The third kappa shape index (κ3) is 3.06. The molecule has 1 saturated carbocycles. The Morgan fingerprint density at radius 2 is 2.11 bits per heavy atom. The zero-order valence-corrected chi connectivity index (χ0v) is 12.1. The number of hydrogen-bond donors (Lipinski definition) is 1. The summed E-state index contributed by atoms with van der Waals surface area (Å²) in [6.07, 6.45) is 11.2. The molecule has 0 spiro atoms. The molecule has 0 bridgehead atoms. The SMILES string of the molecule is CCCC(CC)n1cc(C)nc1NC1CCCC1. The first-order valence-electron chi connectivity index (χ1n) is 7.56. The van der Waals surface area contributed by atoms with Crippen molar-refractivity contribution in [2.24, 2.45) is 0 Å². The minimum Gasteiger partial charge on any atom is -0.353 e. The molecular formula is C15H27N3. The minimum absolute atomic E-state index is 0.597. The monoisotopic (exact) mass is 249 g/mol. The van der Waals surface area contributed by atoms with E-state index in [4.69, 9.17) is 0 Å². The molecule has 1 unspecified atom stereocenters. The number of rotatable bonds is 6. The summed E-state index contributed by atoms with van der Waals surface area (Å²) in [5.41, 5.74) is 1.13. The first-order chi connectivity index (χ1) is 8.74. The van der Waals surface area contributed by atoms with Gasteiger partial charge in [-0.1, -0.05) is 33.1 Å². The van der Waals surface area contributed by atoms with Gasteiger partial charge in [-0.25, -0.2) is 4.98 Å². The molecule has 1 atom stereocenters. The normalized spacial score (nSPS) is 18.2. The highest BCUT2D eigenvalue weighted by molar-refractivity contribution is 5.31. The Balaban J connectivity index is 2.12. The van der Waals surface area contributed by atoms with Gasteiger partial charge in [0.1, 0.15) is 0 Å². The van der Waals surface area contributed by atoms with Gasteiger partial charge in [0.15, 0.2) is 0 Å². The molecule has 1 aliphatic carbocycles. The van der Waals surface area contributed by atoms with Crippen LogP contribution in [-0.2, 0) is 0 Å².